The van der Waals surface area contributed by atoms with E-state index in [0.717, 1.165) is 19.6 Å². The van der Waals surface area contributed by atoms with Crippen LogP contribution in [0.2, 0.25) is 0 Å². The molecule has 4 nitrogen and oxygen atoms in total. The molecule has 1 aliphatic rings. The summed E-state index contributed by atoms with van der Waals surface area (Å²) in [6.07, 6.45) is 3.76. The molecule has 2 atom stereocenters. The lowest BCUT2D eigenvalue weighted by Crippen LogP contribution is -2.17. The van der Waals surface area contributed by atoms with E-state index in [-0.39, 0.29) is 6.29 Å². The summed E-state index contributed by atoms with van der Waals surface area (Å²) in [5, 5.41) is 0. The molecule has 0 aliphatic carbocycles. The van der Waals surface area contributed by atoms with Crippen molar-refractivity contribution >= 4 is 0 Å². The van der Waals surface area contributed by atoms with Crippen LogP contribution in [0, 0.1) is 0 Å². The lowest BCUT2D eigenvalue weighted by Gasteiger charge is -2.13. The zero-order chi connectivity index (χ0) is 11.6. The molecule has 0 spiro atoms. The Balaban J connectivity index is 1.75. The van der Waals surface area contributed by atoms with Crippen LogP contribution in [0.25, 0.3) is 0 Å². The largest absolute Gasteiger partial charge is 0.376 e. The van der Waals surface area contributed by atoms with Gasteiger partial charge in [-0.3, -0.25) is 0 Å². The van der Waals surface area contributed by atoms with Crippen LogP contribution in [-0.4, -0.2) is 45.4 Å². The van der Waals surface area contributed by atoms with Crippen molar-refractivity contribution in [2.45, 2.75) is 45.5 Å². The van der Waals surface area contributed by atoms with Gasteiger partial charge in [0, 0.05) is 6.61 Å². The summed E-state index contributed by atoms with van der Waals surface area (Å²) < 4.78 is 21.3. The van der Waals surface area contributed by atoms with E-state index in [1.807, 2.05) is 6.92 Å². The molecule has 1 rings (SSSR count). The minimum atomic E-state index is -0.127. The molecule has 16 heavy (non-hydrogen) atoms. The van der Waals surface area contributed by atoms with Gasteiger partial charge in [-0.25, -0.2) is 0 Å². The average molecular weight is 232 g/mol. The van der Waals surface area contributed by atoms with Crippen LogP contribution in [0.15, 0.2) is 0 Å². The predicted molar refractivity (Wildman–Crippen MR) is 61.5 cm³/mol. The van der Waals surface area contributed by atoms with Gasteiger partial charge in [0.15, 0.2) is 6.29 Å². The van der Waals surface area contributed by atoms with Crippen molar-refractivity contribution in [3.8, 4) is 0 Å². The third-order valence-electron chi connectivity index (χ3n) is 2.39. The third kappa shape index (κ3) is 8.05. The highest BCUT2D eigenvalue weighted by atomic mass is 16.7. The van der Waals surface area contributed by atoms with Crippen molar-refractivity contribution in [1.29, 1.82) is 0 Å². The van der Waals surface area contributed by atoms with Gasteiger partial charge in [0.1, 0.15) is 6.10 Å². The fourth-order valence-corrected chi connectivity index (χ4v) is 1.30. The van der Waals surface area contributed by atoms with Gasteiger partial charge in [-0.05, 0) is 13.3 Å². The first kappa shape index (κ1) is 13.9. The third-order valence-corrected chi connectivity index (χ3v) is 2.39. The molecular formula is C12H24O4. The molecular weight excluding hydrogens is 208 g/mol. The van der Waals surface area contributed by atoms with Crippen molar-refractivity contribution in [3.63, 3.8) is 0 Å². The monoisotopic (exact) mass is 232 g/mol. The van der Waals surface area contributed by atoms with Crippen LogP contribution in [0.1, 0.15) is 33.1 Å². The Morgan fingerprint density at radius 2 is 1.94 bits per heavy atom. The Labute approximate surface area is 98.2 Å². The van der Waals surface area contributed by atoms with E-state index in [4.69, 9.17) is 18.9 Å². The van der Waals surface area contributed by atoms with Crippen molar-refractivity contribution in [2.24, 2.45) is 0 Å². The SMILES string of the molecule is CCCCCOC(C)OCCOCC1CO1. The standard InChI is InChI=1S/C12H24O4/c1-3-4-5-6-14-11(2)15-8-7-13-9-12-10-16-12/h11-12H,3-10H2,1-2H3. The number of rotatable bonds is 11. The van der Waals surface area contributed by atoms with Crippen LogP contribution >= 0.6 is 0 Å². The van der Waals surface area contributed by atoms with E-state index in [2.05, 4.69) is 6.92 Å². The van der Waals surface area contributed by atoms with Crippen LogP contribution in [-0.2, 0) is 18.9 Å². The number of hydrogen-bond acceptors (Lipinski definition) is 4. The van der Waals surface area contributed by atoms with Gasteiger partial charge in [-0.2, -0.15) is 0 Å². The van der Waals surface area contributed by atoms with Gasteiger partial charge in [0.2, 0.25) is 0 Å². The van der Waals surface area contributed by atoms with Crippen molar-refractivity contribution in [1.82, 2.24) is 0 Å². The molecule has 1 aliphatic heterocycles. The normalized spacial score (nSPS) is 21.0. The molecule has 0 aromatic heterocycles. The van der Waals surface area contributed by atoms with Crippen LogP contribution in [0.4, 0.5) is 0 Å². The first-order valence-corrected chi connectivity index (χ1v) is 6.25. The number of unbranched alkanes of at least 4 members (excludes halogenated alkanes) is 2. The fraction of sp³-hybridized carbons (Fsp3) is 1.00. The topological polar surface area (TPSA) is 40.2 Å². The Hall–Kier alpha value is -0.160. The molecule has 0 saturated carbocycles. The zero-order valence-corrected chi connectivity index (χ0v) is 10.4. The maximum atomic E-state index is 5.48. The summed E-state index contributed by atoms with van der Waals surface area (Å²) in [6, 6.07) is 0. The van der Waals surface area contributed by atoms with E-state index < -0.39 is 0 Å². The van der Waals surface area contributed by atoms with Crippen molar-refractivity contribution < 1.29 is 18.9 Å². The van der Waals surface area contributed by atoms with Gasteiger partial charge in [0.25, 0.3) is 0 Å². The quantitative estimate of drug-likeness (QED) is 0.310. The Kier molecular flexibility index (Phi) is 7.76. The number of ether oxygens (including phenoxy) is 4. The van der Waals surface area contributed by atoms with E-state index in [1.165, 1.54) is 12.8 Å². The molecule has 1 fully saturated rings. The van der Waals surface area contributed by atoms with Gasteiger partial charge < -0.3 is 18.9 Å². The number of hydrogen-bond donors (Lipinski definition) is 0. The lowest BCUT2D eigenvalue weighted by molar-refractivity contribution is -0.140. The Bertz CT molecular complexity index is 159. The number of epoxide rings is 1. The second-order valence-corrected chi connectivity index (χ2v) is 4.05. The molecule has 0 bridgehead atoms. The smallest absolute Gasteiger partial charge is 0.154 e. The maximum absolute atomic E-state index is 5.48. The van der Waals surface area contributed by atoms with Gasteiger partial charge in [-0.15, -0.1) is 0 Å². The Morgan fingerprint density at radius 3 is 2.62 bits per heavy atom. The van der Waals surface area contributed by atoms with Gasteiger partial charge >= 0.3 is 0 Å². The molecule has 0 radical (unpaired) electrons. The van der Waals surface area contributed by atoms with Gasteiger partial charge in [0.05, 0.1) is 26.4 Å². The van der Waals surface area contributed by atoms with Gasteiger partial charge in [-0.1, -0.05) is 19.8 Å². The Morgan fingerprint density at radius 1 is 1.19 bits per heavy atom. The van der Waals surface area contributed by atoms with E-state index >= 15 is 0 Å². The van der Waals surface area contributed by atoms with Crippen LogP contribution in [0.5, 0.6) is 0 Å². The molecule has 1 saturated heterocycles. The highest BCUT2D eigenvalue weighted by molar-refractivity contribution is 4.66. The summed E-state index contributed by atoms with van der Waals surface area (Å²) in [7, 11) is 0. The maximum Gasteiger partial charge on any atom is 0.154 e. The van der Waals surface area contributed by atoms with E-state index in [0.29, 0.717) is 25.9 Å². The van der Waals surface area contributed by atoms with Crippen molar-refractivity contribution in [3.05, 3.63) is 0 Å². The molecule has 0 N–H and O–H groups in total. The molecule has 1 heterocycles. The average Bonchev–Trinajstić information content (AvgIpc) is 3.08. The van der Waals surface area contributed by atoms with Crippen LogP contribution < -0.4 is 0 Å². The van der Waals surface area contributed by atoms with E-state index in [1.54, 1.807) is 0 Å². The molecule has 0 aromatic rings. The summed E-state index contributed by atoms with van der Waals surface area (Å²) in [6.45, 7) is 7.62. The molecule has 2 unspecified atom stereocenters. The molecule has 4 heteroatoms. The zero-order valence-electron chi connectivity index (χ0n) is 10.4. The first-order valence-electron chi connectivity index (χ1n) is 6.25. The second-order valence-electron chi connectivity index (χ2n) is 4.05. The van der Waals surface area contributed by atoms with E-state index in [9.17, 15) is 0 Å². The molecule has 0 aromatic carbocycles. The van der Waals surface area contributed by atoms with Crippen LogP contribution in [0.3, 0.4) is 0 Å². The summed E-state index contributed by atoms with van der Waals surface area (Å²) >= 11 is 0. The molecule has 0 amide bonds. The minimum Gasteiger partial charge on any atom is -0.376 e. The highest BCUT2D eigenvalue weighted by Crippen LogP contribution is 2.08. The first-order chi connectivity index (χ1) is 7.83. The summed E-state index contributed by atoms with van der Waals surface area (Å²) in [5.74, 6) is 0. The fourth-order valence-electron chi connectivity index (χ4n) is 1.30. The second kappa shape index (κ2) is 8.93. The minimum absolute atomic E-state index is 0.127. The summed E-state index contributed by atoms with van der Waals surface area (Å²) in [5.41, 5.74) is 0. The summed E-state index contributed by atoms with van der Waals surface area (Å²) in [4.78, 5) is 0. The lowest BCUT2D eigenvalue weighted by atomic mass is 10.3. The highest BCUT2D eigenvalue weighted by Gasteiger charge is 2.21. The molecule has 96 valence electrons. The predicted octanol–water partition coefficient (Wildman–Crippen LogP) is 1.97. The van der Waals surface area contributed by atoms with Crippen molar-refractivity contribution in [2.75, 3.05) is 33.0 Å².